The van der Waals surface area contributed by atoms with E-state index in [1.807, 2.05) is 12.1 Å². The highest BCUT2D eigenvalue weighted by atomic mass is 32.2. The third-order valence-corrected chi connectivity index (χ3v) is 3.53. The zero-order chi connectivity index (χ0) is 12.4. The Morgan fingerprint density at radius 3 is 2.53 bits per heavy atom. The van der Waals surface area contributed by atoms with Crippen molar-refractivity contribution in [3.05, 3.63) is 35.4 Å². The standard InChI is InChI=1S/C12H12N2O2S/c1-7(15)9-4-2-8(3-5-9)6-10-11(16)14-12(13)17-10/h2-5,10H,6H2,1H3,(H2,13,14,16)/t10-/m1/s1. The van der Waals surface area contributed by atoms with E-state index >= 15 is 0 Å². The molecule has 0 radical (unpaired) electrons. The third kappa shape index (κ3) is 2.74. The number of carbonyl (C=O) groups is 2. The smallest absolute Gasteiger partial charge is 0.261 e. The van der Waals surface area contributed by atoms with Gasteiger partial charge in [0.05, 0.1) is 5.25 Å². The van der Waals surface area contributed by atoms with E-state index in [2.05, 4.69) is 4.99 Å². The number of nitrogens with zero attached hydrogens (tertiary/aromatic N) is 1. The number of aliphatic imine (C=N–C) groups is 1. The molecule has 1 amide bonds. The maximum Gasteiger partial charge on any atom is 0.261 e. The van der Waals surface area contributed by atoms with Gasteiger partial charge in [-0.05, 0) is 18.9 Å². The van der Waals surface area contributed by atoms with Gasteiger partial charge in [-0.1, -0.05) is 36.0 Å². The van der Waals surface area contributed by atoms with Crippen molar-refractivity contribution in [2.24, 2.45) is 10.7 Å². The number of ketones is 1. The lowest BCUT2D eigenvalue weighted by Gasteiger charge is -2.06. The molecule has 0 saturated heterocycles. The van der Waals surface area contributed by atoms with E-state index in [-0.39, 0.29) is 16.9 Å². The van der Waals surface area contributed by atoms with Crippen LogP contribution in [0.5, 0.6) is 0 Å². The summed E-state index contributed by atoms with van der Waals surface area (Å²) in [5.41, 5.74) is 7.16. The van der Waals surface area contributed by atoms with Crippen LogP contribution in [0.25, 0.3) is 0 Å². The molecule has 0 aromatic heterocycles. The summed E-state index contributed by atoms with van der Waals surface area (Å²) in [6.07, 6.45) is 0.589. The zero-order valence-corrected chi connectivity index (χ0v) is 10.2. The van der Waals surface area contributed by atoms with Gasteiger partial charge < -0.3 is 5.73 Å². The van der Waals surface area contributed by atoms with E-state index in [4.69, 9.17) is 5.73 Å². The van der Waals surface area contributed by atoms with E-state index in [9.17, 15) is 9.59 Å². The summed E-state index contributed by atoms with van der Waals surface area (Å²) in [6, 6.07) is 7.26. The Hall–Kier alpha value is -1.62. The Balaban J connectivity index is 2.05. The molecule has 0 fully saturated rings. The highest BCUT2D eigenvalue weighted by Gasteiger charge is 2.26. The average molecular weight is 248 g/mol. The highest BCUT2D eigenvalue weighted by molar-refractivity contribution is 8.15. The van der Waals surface area contributed by atoms with Gasteiger partial charge in [0.15, 0.2) is 11.0 Å². The maximum atomic E-state index is 11.4. The molecule has 5 heteroatoms. The van der Waals surface area contributed by atoms with Crippen LogP contribution in [0.3, 0.4) is 0 Å². The molecule has 17 heavy (non-hydrogen) atoms. The Morgan fingerprint density at radius 1 is 1.41 bits per heavy atom. The van der Waals surface area contributed by atoms with Crippen LogP contribution in [0.1, 0.15) is 22.8 Å². The maximum absolute atomic E-state index is 11.4. The van der Waals surface area contributed by atoms with Crippen LogP contribution in [-0.4, -0.2) is 22.1 Å². The van der Waals surface area contributed by atoms with Crippen LogP contribution in [0.2, 0.25) is 0 Å². The summed E-state index contributed by atoms with van der Waals surface area (Å²) >= 11 is 1.29. The number of amidine groups is 1. The monoisotopic (exact) mass is 248 g/mol. The molecular weight excluding hydrogens is 236 g/mol. The number of carbonyl (C=O) groups excluding carboxylic acids is 2. The van der Waals surface area contributed by atoms with Crippen molar-refractivity contribution in [3.8, 4) is 0 Å². The van der Waals surface area contributed by atoms with Crippen molar-refractivity contribution in [3.63, 3.8) is 0 Å². The van der Waals surface area contributed by atoms with Crippen LogP contribution >= 0.6 is 11.8 Å². The van der Waals surface area contributed by atoms with E-state index in [1.54, 1.807) is 12.1 Å². The first-order valence-electron chi connectivity index (χ1n) is 5.21. The Labute approximate surface area is 103 Å². The van der Waals surface area contributed by atoms with Gasteiger partial charge in [-0.2, -0.15) is 4.99 Å². The second kappa shape index (κ2) is 4.71. The average Bonchev–Trinajstić information content (AvgIpc) is 2.58. The summed E-state index contributed by atoms with van der Waals surface area (Å²) in [6.45, 7) is 1.53. The summed E-state index contributed by atoms with van der Waals surface area (Å²) in [5, 5.41) is 0.110. The highest BCUT2D eigenvalue weighted by Crippen LogP contribution is 2.23. The van der Waals surface area contributed by atoms with E-state index in [0.29, 0.717) is 17.2 Å². The molecule has 1 aliphatic heterocycles. The third-order valence-electron chi connectivity index (χ3n) is 2.54. The van der Waals surface area contributed by atoms with Gasteiger partial charge in [0, 0.05) is 5.56 Å². The molecule has 1 aliphatic rings. The second-order valence-electron chi connectivity index (χ2n) is 3.85. The number of Topliss-reactive ketones (excluding diaryl/α,β-unsaturated/α-hetero) is 1. The number of hydrogen-bond donors (Lipinski definition) is 1. The lowest BCUT2D eigenvalue weighted by Crippen LogP contribution is -2.14. The first-order chi connectivity index (χ1) is 8.06. The first kappa shape index (κ1) is 11.9. The van der Waals surface area contributed by atoms with Crippen molar-refractivity contribution in [1.82, 2.24) is 0 Å². The minimum Gasteiger partial charge on any atom is -0.378 e. The largest absolute Gasteiger partial charge is 0.378 e. The van der Waals surface area contributed by atoms with Crippen LogP contribution in [0, 0.1) is 0 Å². The van der Waals surface area contributed by atoms with Crippen LogP contribution in [0.4, 0.5) is 0 Å². The van der Waals surface area contributed by atoms with Gasteiger partial charge in [-0.3, -0.25) is 9.59 Å². The fourth-order valence-electron chi connectivity index (χ4n) is 1.62. The predicted molar refractivity (Wildman–Crippen MR) is 68.2 cm³/mol. The molecule has 0 unspecified atom stereocenters. The number of nitrogens with two attached hydrogens (primary N) is 1. The lowest BCUT2D eigenvalue weighted by molar-refractivity contribution is -0.117. The molecule has 0 saturated carbocycles. The molecule has 88 valence electrons. The molecule has 0 bridgehead atoms. The fourth-order valence-corrected chi connectivity index (χ4v) is 2.49. The van der Waals surface area contributed by atoms with Crippen molar-refractivity contribution >= 4 is 28.6 Å². The van der Waals surface area contributed by atoms with Gasteiger partial charge in [0.1, 0.15) is 0 Å². The molecule has 4 nitrogen and oxygen atoms in total. The second-order valence-corrected chi connectivity index (χ2v) is 5.08. The molecule has 1 aromatic carbocycles. The van der Waals surface area contributed by atoms with Crippen molar-refractivity contribution in [2.45, 2.75) is 18.6 Å². The molecule has 0 aliphatic carbocycles. The minimum absolute atomic E-state index is 0.0374. The molecule has 1 heterocycles. The number of amides is 1. The van der Waals surface area contributed by atoms with Crippen LogP contribution in [-0.2, 0) is 11.2 Å². The molecule has 2 rings (SSSR count). The molecule has 1 atom stereocenters. The zero-order valence-electron chi connectivity index (χ0n) is 9.34. The van der Waals surface area contributed by atoms with Gasteiger partial charge in [-0.15, -0.1) is 0 Å². The quantitative estimate of drug-likeness (QED) is 0.820. The van der Waals surface area contributed by atoms with Crippen molar-refractivity contribution in [1.29, 1.82) is 0 Å². The summed E-state index contributed by atoms with van der Waals surface area (Å²) < 4.78 is 0. The minimum atomic E-state index is -0.224. The van der Waals surface area contributed by atoms with Crippen LogP contribution < -0.4 is 5.73 Å². The molecule has 0 spiro atoms. The number of benzene rings is 1. The van der Waals surface area contributed by atoms with E-state index in [0.717, 1.165) is 5.56 Å². The first-order valence-corrected chi connectivity index (χ1v) is 6.09. The Bertz CT molecular complexity index is 494. The molecular formula is C12H12N2O2S. The fraction of sp³-hybridized carbons (Fsp3) is 0.250. The lowest BCUT2D eigenvalue weighted by atomic mass is 10.1. The van der Waals surface area contributed by atoms with E-state index in [1.165, 1.54) is 18.7 Å². The van der Waals surface area contributed by atoms with Crippen molar-refractivity contribution in [2.75, 3.05) is 0 Å². The van der Waals surface area contributed by atoms with Gasteiger partial charge in [-0.25, -0.2) is 0 Å². The Kier molecular flexibility index (Phi) is 3.28. The molecule has 2 N–H and O–H groups in total. The van der Waals surface area contributed by atoms with E-state index < -0.39 is 0 Å². The molecule has 1 aromatic rings. The Morgan fingerprint density at radius 2 is 2.06 bits per heavy atom. The van der Waals surface area contributed by atoms with Gasteiger partial charge in [0.25, 0.3) is 5.91 Å². The summed E-state index contributed by atoms with van der Waals surface area (Å²) in [5.74, 6) is -0.140. The number of rotatable bonds is 3. The summed E-state index contributed by atoms with van der Waals surface area (Å²) in [4.78, 5) is 26.2. The topological polar surface area (TPSA) is 72.5 Å². The van der Waals surface area contributed by atoms with Crippen LogP contribution in [0.15, 0.2) is 29.3 Å². The van der Waals surface area contributed by atoms with Crippen molar-refractivity contribution < 1.29 is 9.59 Å². The predicted octanol–water partition coefficient (Wildman–Crippen LogP) is 1.39. The summed E-state index contributed by atoms with van der Waals surface area (Å²) in [7, 11) is 0. The van der Waals surface area contributed by atoms with Gasteiger partial charge >= 0.3 is 0 Å². The normalized spacial score (nSPS) is 19.2. The van der Waals surface area contributed by atoms with Gasteiger partial charge in [0.2, 0.25) is 0 Å². The number of hydrogen-bond acceptors (Lipinski definition) is 4. The SMILES string of the molecule is CC(=O)c1ccc(C[C@H]2SC(N)=NC2=O)cc1. The number of thioether (sulfide) groups is 1.